The predicted octanol–water partition coefficient (Wildman–Crippen LogP) is -3.47. The molecule has 2 heterocycles. The Morgan fingerprint density at radius 1 is 0.792 bits per heavy atom. The first-order valence-corrected chi connectivity index (χ1v) is 7.78. The predicted molar refractivity (Wildman–Crippen MR) is 76.6 cm³/mol. The van der Waals surface area contributed by atoms with E-state index in [2.05, 4.69) is 0 Å². The van der Waals surface area contributed by atoms with Gasteiger partial charge >= 0.3 is 0 Å². The molecule has 0 radical (unpaired) electrons. The SMILES string of the molecule is CO[C@@H]1OC(CO)[C@@H](O[C@@H]2OC(CO)[C@@H](C)[C@H](O)C2O)[C@H](O)C1O. The van der Waals surface area contributed by atoms with Gasteiger partial charge in [0.1, 0.15) is 30.5 Å². The Kier molecular flexibility index (Phi) is 6.90. The van der Waals surface area contributed by atoms with Crippen molar-refractivity contribution in [2.24, 2.45) is 5.92 Å². The molecule has 0 bridgehead atoms. The van der Waals surface area contributed by atoms with Gasteiger partial charge in [0, 0.05) is 13.0 Å². The highest BCUT2D eigenvalue weighted by Crippen LogP contribution is 2.31. The van der Waals surface area contributed by atoms with Crippen LogP contribution in [0.4, 0.5) is 0 Å². The Bertz CT molecular complexity index is 392. The smallest absolute Gasteiger partial charge is 0.187 e. The maximum atomic E-state index is 10.2. The summed E-state index contributed by atoms with van der Waals surface area (Å²) in [7, 11) is 1.27. The van der Waals surface area contributed by atoms with Crippen LogP contribution in [0.15, 0.2) is 0 Å². The monoisotopic (exact) mass is 354 g/mol. The third-order valence-corrected chi connectivity index (χ3v) is 4.59. The van der Waals surface area contributed by atoms with E-state index in [1.165, 1.54) is 7.11 Å². The summed E-state index contributed by atoms with van der Waals surface area (Å²) < 4.78 is 21.1. The molecule has 2 saturated heterocycles. The highest BCUT2D eigenvalue weighted by Gasteiger charge is 2.49. The van der Waals surface area contributed by atoms with Crippen molar-refractivity contribution >= 4 is 0 Å². The number of hydrogen-bond acceptors (Lipinski definition) is 10. The highest BCUT2D eigenvalue weighted by atomic mass is 16.7. The third-order valence-electron chi connectivity index (χ3n) is 4.59. The van der Waals surface area contributed by atoms with Gasteiger partial charge in [-0.15, -0.1) is 0 Å². The van der Waals surface area contributed by atoms with Gasteiger partial charge in [-0.3, -0.25) is 0 Å². The van der Waals surface area contributed by atoms with Gasteiger partial charge in [-0.2, -0.15) is 0 Å². The van der Waals surface area contributed by atoms with E-state index in [0.717, 1.165) is 0 Å². The molecule has 10 nitrogen and oxygen atoms in total. The van der Waals surface area contributed by atoms with Crippen molar-refractivity contribution in [2.45, 2.75) is 62.2 Å². The van der Waals surface area contributed by atoms with Gasteiger partial charge in [0.15, 0.2) is 12.6 Å². The largest absolute Gasteiger partial charge is 0.394 e. The summed E-state index contributed by atoms with van der Waals surface area (Å²) >= 11 is 0. The summed E-state index contributed by atoms with van der Waals surface area (Å²) in [5.41, 5.74) is 0. The van der Waals surface area contributed by atoms with Crippen LogP contribution in [-0.2, 0) is 18.9 Å². The van der Waals surface area contributed by atoms with Crippen LogP contribution in [0, 0.1) is 5.92 Å². The van der Waals surface area contributed by atoms with Crippen LogP contribution in [0.1, 0.15) is 6.92 Å². The zero-order chi connectivity index (χ0) is 18.0. The second-order valence-electron chi connectivity index (χ2n) is 6.11. The fraction of sp³-hybridized carbons (Fsp3) is 1.00. The Morgan fingerprint density at radius 3 is 1.88 bits per heavy atom. The summed E-state index contributed by atoms with van der Waals surface area (Å²) in [6.45, 7) is 0.666. The molecule has 142 valence electrons. The second kappa shape index (κ2) is 8.32. The van der Waals surface area contributed by atoms with Crippen molar-refractivity contribution in [2.75, 3.05) is 20.3 Å². The van der Waals surface area contributed by atoms with E-state index >= 15 is 0 Å². The van der Waals surface area contributed by atoms with Crippen LogP contribution in [0.2, 0.25) is 0 Å². The fourth-order valence-corrected chi connectivity index (χ4v) is 2.96. The van der Waals surface area contributed by atoms with E-state index < -0.39 is 74.4 Å². The van der Waals surface area contributed by atoms with Crippen LogP contribution in [-0.4, -0.2) is 106 Å². The van der Waals surface area contributed by atoms with Gasteiger partial charge in [0.25, 0.3) is 0 Å². The average Bonchev–Trinajstić information content (AvgIpc) is 2.59. The molecule has 0 aromatic carbocycles. The summed E-state index contributed by atoms with van der Waals surface area (Å²) in [6, 6.07) is 0. The van der Waals surface area contributed by atoms with E-state index in [1.807, 2.05) is 0 Å². The Morgan fingerprint density at radius 2 is 1.33 bits per heavy atom. The standard InChI is InChI=1S/C14H26O10/c1-5-6(3-15)22-14(10(19)8(5)17)24-12-7(4-16)23-13(21-2)11(20)9(12)18/h5-20H,3-4H2,1-2H3/t5-,6?,7?,8+,9-,10?,11?,12-,13-,14+/m1/s1. The second-order valence-corrected chi connectivity index (χ2v) is 6.11. The molecule has 10 heteroatoms. The zero-order valence-corrected chi connectivity index (χ0v) is 13.5. The lowest BCUT2D eigenvalue weighted by atomic mass is 9.91. The van der Waals surface area contributed by atoms with Crippen molar-refractivity contribution in [3.8, 4) is 0 Å². The fourth-order valence-electron chi connectivity index (χ4n) is 2.96. The van der Waals surface area contributed by atoms with E-state index in [-0.39, 0.29) is 0 Å². The van der Waals surface area contributed by atoms with E-state index in [1.54, 1.807) is 6.92 Å². The summed E-state index contributed by atoms with van der Waals surface area (Å²) in [5, 5.41) is 59.0. The Hall–Kier alpha value is -0.400. The molecule has 0 aromatic rings. The summed E-state index contributed by atoms with van der Waals surface area (Å²) in [5.74, 6) is -0.533. The van der Waals surface area contributed by atoms with E-state index in [4.69, 9.17) is 18.9 Å². The normalized spacial score (nSPS) is 50.0. The summed E-state index contributed by atoms with van der Waals surface area (Å²) in [4.78, 5) is 0. The molecular formula is C14H26O10. The quantitative estimate of drug-likeness (QED) is 0.293. The first-order chi connectivity index (χ1) is 11.3. The molecule has 0 aromatic heterocycles. The Labute approximate surface area is 139 Å². The Balaban J connectivity index is 2.12. The molecular weight excluding hydrogens is 328 g/mol. The van der Waals surface area contributed by atoms with Gasteiger partial charge in [0.2, 0.25) is 0 Å². The van der Waals surface area contributed by atoms with Gasteiger partial charge in [0.05, 0.1) is 25.4 Å². The van der Waals surface area contributed by atoms with Crippen LogP contribution in [0.3, 0.4) is 0 Å². The number of ether oxygens (including phenoxy) is 4. The van der Waals surface area contributed by atoms with Crippen molar-refractivity contribution in [1.29, 1.82) is 0 Å². The number of methoxy groups -OCH3 is 1. The molecule has 10 atom stereocenters. The molecule has 0 saturated carbocycles. The van der Waals surface area contributed by atoms with E-state index in [0.29, 0.717) is 0 Å². The molecule has 6 N–H and O–H groups in total. The van der Waals surface area contributed by atoms with E-state index in [9.17, 15) is 30.6 Å². The first-order valence-electron chi connectivity index (χ1n) is 7.78. The molecule has 0 aliphatic carbocycles. The van der Waals surface area contributed by atoms with Crippen molar-refractivity contribution in [3.63, 3.8) is 0 Å². The van der Waals surface area contributed by atoms with Crippen molar-refractivity contribution < 1.29 is 49.6 Å². The highest BCUT2D eigenvalue weighted by molar-refractivity contribution is 4.93. The molecule has 4 unspecified atom stereocenters. The lowest BCUT2D eigenvalue weighted by molar-refractivity contribution is -0.353. The lowest BCUT2D eigenvalue weighted by Crippen LogP contribution is -2.63. The minimum absolute atomic E-state index is 0.396. The number of aliphatic hydroxyl groups excluding tert-OH is 6. The lowest BCUT2D eigenvalue weighted by Gasteiger charge is -2.46. The molecule has 2 rings (SSSR count). The van der Waals surface area contributed by atoms with Crippen LogP contribution >= 0.6 is 0 Å². The van der Waals surface area contributed by atoms with Crippen molar-refractivity contribution in [3.05, 3.63) is 0 Å². The minimum Gasteiger partial charge on any atom is -0.394 e. The number of hydrogen-bond donors (Lipinski definition) is 6. The average molecular weight is 354 g/mol. The molecule has 0 spiro atoms. The van der Waals surface area contributed by atoms with Crippen LogP contribution in [0.5, 0.6) is 0 Å². The molecule has 0 amide bonds. The molecule has 2 fully saturated rings. The maximum absolute atomic E-state index is 10.2. The third kappa shape index (κ3) is 3.73. The topological polar surface area (TPSA) is 158 Å². The first kappa shape index (κ1) is 19.9. The molecule has 2 aliphatic heterocycles. The number of aliphatic hydroxyl groups is 6. The van der Waals surface area contributed by atoms with Gasteiger partial charge < -0.3 is 49.6 Å². The van der Waals surface area contributed by atoms with Crippen molar-refractivity contribution in [1.82, 2.24) is 0 Å². The van der Waals surface area contributed by atoms with Gasteiger partial charge in [-0.05, 0) is 0 Å². The van der Waals surface area contributed by atoms with Crippen LogP contribution < -0.4 is 0 Å². The number of rotatable bonds is 5. The maximum Gasteiger partial charge on any atom is 0.187 e. The van der Waals surface area contributed by atoms with Gasteiger partial charge in [-0.25, -0.2) is 0 Å². The minimum atomic E-state index is -1.49. The molecule has 2 aliphatic rings. The van der Waals surface area contributed by atoms with Gasteiger partial charge in [-0.1, -0.05) is 6.92 Å². The summed E-state index contributed by atoms with van der Waals surface area (Å²) in [6.07, 6.45) is -11.2. The zero-order valence-electron chi connectivity index (χ0n) is 13.5. The van der Waals surface area contributed by atoms with Crippen LogP contribution in [0.25, 0.3) is 0 Å². The molecule has 24 heavy (non-hydrogen) atoms.